The van der Waals surface area contributed by atoms with Crippen LogP contribution >= 0.6 is 0 Å². The Morgan fingerprint density at radius 3 is 2.67 bits per heavy atom. The predicted octanol–water partition coefficient (Wildman–Crippen LogP) is 3.57. The number of carbonyl (C=O) groups excluding carboxylic acids is 1. The van der Waals surface area contributed by atoms with E-state index in [2.05, 4.69) is 10.3 Å². The topological polar surface area (TPSA) is 153 Å². The molecule has 0 saturated carbocycles. The maximum atomic E-state index is 12.8. The molecule has 42 heavy (non-hydrogen) atoms. The molecule has 2 aromatic carbocycles. The molecule has 0 saturated heterocycles. The highest BCUT2D eigenvalue weighted by molar-refractivity contribution is 7.84. The van der Waals surface area contributed by atoms with E-state index < -0.39 is 28.2 Å². The molecule has 2 atom stereocenters. The Morgan fingerprint density at radius 1 is 1.17 bits per heavy atom. The second-order valence-electron chi connectivity index (χ2n) is 10.2. The van der Waals surface area contributed by atoms with Crippen LogP contribution in [0.4, 0.5) is 0 Å². The van der Waals surface area contributed by atoms with Gasteiger partial charge in [0.25, 0.3) is 5.95 Å². The third kappa shape index (κ3) is 6.92. The summed E-state index contributed by atoms with van der Waals surface area (Å²) < 4.78 is 43.7. The minimum absolute atomic E-state index is 0.0176. The number of aliphatic hydroxyl groups excluding tert-OH is 2. The van der Waals surface area contributed by atoms with Gasteiger partial charge in [-0.2, -0.15) is 12.7 Å². The van der Waals surface area contributed by atoms with Crippen LogP contribution in [0, 0.1) is 13.8 Å². The Labute approximate surface area is 245 Å². The fourth-order valence-electron chi connectivity index (χ4n) is 5.28. The van der Waals surface area contributed by atoms with Gasteiger partial charge in [-0.25, -0.2) is 4.68 Å². The summed E-state index contributed by atoms with van der Waals surface area (Å²) in [7, 11) is -4.18. The molecule has 13 heteroatoms. The number of esters is 1. The van der Waals surface area contributed by atoms with E-state index in [4.69, 9.17) is 18.8 Å². The van der Waals surface area contributed by atoms with Gasteiger partial charge in [0.1, 0.15) is 5.52 Å². The van der Waals surface area contributed by atoms with Gasteiger partial charge in [0.05, 0.1) is 37.8 Å². The number of aryl methyl sites for hydroxylation is 3. The van der Waals surface area contributed by atoms with Crippen LogP contribution in [0.25, 0.3) is 11.0 Å². The molecule has 228 valence electrons. The molecule has 0 radical (unpaired) electrons. The third-order valence-corrected chi connectivity index (χ3v) is 8.86. The largest absolute Gasteiger partial charge is 0.480 e. The van der Waals surface area contributed by atoms with Gasteiger partial charge in [-0.1, -0.05) is 29.5 Å². The number of aliphatic hydroxyl groups is 2. The molecule has 12 nitrogen and oxygen atoms in total. The molecule has 0 amide bonds. The van der Waals surface area contributed by atoms with Crippen molar-refractivity contribution in [2.75, 3.05) is 33.0 Å². The van der Waals surface area contributed by atoms with Crippen LogP contribution in [-0.4, -0.2) is 76.9 Å². The van der Waals surface area contributed by atoms with Crippen molar-refractivity contribution in [3.05, 3.63) is 70.2 Å². The molecule has 2 N–H and O–H groups in total. The molecule has 0 bridgehead atoms. The van der Waals surface area contributed by atoms with Crippen LogP contribution in [0.1, 0.15) is 66.5 Å². The first-order valence-electron chi connectivity index (χ1n) is 13.9. The molecule has 0 fully saturated rings. The molecule has 1 aliphatic heterocycles. The lowest BCUT2D eigenvalue weighted by molar-refractivity contribution is -0.143. The quantitative estimate of drug-likeness (QED) is 0.219. The SMILES string of the molecule is CCOC(=O)CC(c1ccc(C)c([C@@H](C)N2CC=C(O)OS2(=O)=O)c1)c1ccc2c(nnn2CCCOCCO)c1C. The van der Waals surface area contributed by atoms with Crippen LogP contribution in [0.5, 0.6) is 0 Å². The van der Waals surface area contributed by atoms with E-state index in [1.165, 1.54) is 10.4 Å². The van der Waals surface area contributed by atoms with E-state index >= 15 is 0 Å². The van der Waals surface area contributed by atoms with Gasteiger partial charge in [-0.3, -0.25) is 4.79 Å². The zero-order valence-electron chi connectivity index (χ0n) is 24.3. The van der Waals surface area contributed by atoms with Crippen LogP contribution in [0.3, 0.4) is 0 Å². The summed E-state index contributed by atoms with van der Waals surface area (Å²) in [5.74, 6) is -1.39. The highest BCUT2D eigenvalue weighted by atomic mass is 32.2. The predicted molar refractivity (Wildman–Crippen MR) is 155 cm³/mol. The van der Waals surface area contributed by atoms with E-state index in [-0.39, 0.29) is 32.1 Å². The first-order chi connectivity index (χ1) is 20.1. The molecule has 0 spiro atoms. The summed E-state index contributed by atoms with van der Waals surface area (Å²) >= 11 is 0. The lowest BCUT2D eigenvalue weighted by atomic mass is 9.83. The summed E-state index contributed by atoms with van der Waals surface area (Å²) in [6.07, 6.45) is 2.09. The first kappa shape index (κ1) is 31.4. The molecule has 0 aliphatic carbocycles. The second-order valence-corrected chi connectivity index (χ2v) is 11.6. The monoisotopic (exact) mass is 602 g/mol. The van der Waals surface area contributed by atoms with Crippen molar-refractivity contribution in [3.63, 3.8) is 0 Å². The average Bonchev–Trinajstić information content (AvgIpc) is 3.35. The summed E-state index contributed by atoms with van der Waals surface area (Å²) in [6.45, 7) is 8.95. The highest BCUT2D eigenvalue weighted by Gasteiger charge is 2.34. The zero-order valence-corrected chi connectivity index (χ0v) is 25.1. The maximum Gasteiger partial charge on any atom is 0.388 e. The fraction of sp³-hybridized carbons (Fsp3) is 0.483. The minimum atomic E-state index is -4.18. The zero-order chi connectivity index (χ0) is 30.4. The summed E-state index contributed by atoms with van der Waals surface area (Å²) in [4.78, 5) is 12.8. The summed E-state index contributed by atoms with van der Waals surface area (Å²) in [5.41, 5.74) is 5.79. The van der Waals surface area contributed by atoms with Gasteiger partial charge in [0.15, 0.2) is 0 Å². The first-order valence-corrected chi connectivity index (χ1v) is 15.3. The number of fused-ring (bicyclic) bond motifs is 1. The van der Waals surface area contributed by atoms with Crippen LogP contribution in [0.2, 0.25) is 0 Å². The average molecular weight is 603 g/mol. The molecule has 1 aliphatic rings. The number of benzene rings is 2. The summed E-state index contributed by atoms with van der Waals surface area (Å²) in [5, 5.41) is 27.2. The van der Waals surface area contributed by atoms with Crippen LogP contribution in [0.15, 0.2) is 42.4 Å². The smallest absolute Gasteiger partial charge is 0.388 e. The van der Waals surface area contributed by atoms with E-state index in [9.17, 15) is 18.3 Å². The number of carbonyl (C=O) groups is 1. The molecular weight excluding hydrogens is 564 g/mol. The lowest BCUT2D eigenvalue weighted by Crippen LogP contribution is -2.38. The van der Waals surface area contributed by atoms with Crippen molar-refractivity contribution in [2.45, 2.75) is 59.0 Å². The fourth-order valence-corrected chi connectivity index (χ4v) is 6.42. The Balaban J connectivity index is 1.70. The van der Waals surface area contributed by atoms with Gasteiger partial charge in [0.2, 0.25) is 0 Å². The molecule has 4 rings (SSSR count). The van der Waals surface area contributed by atoms with Crippen molar-refractivity contribution >= 4 is 27.3 Å². The standard InChI is InChI=1S/C29H38N4O8S/c1-5-40-28(36)18-25(23-9-10-26-29(20(23)3)30-31-32(26)12-6-15-39-16-14-34)22-8-7-19(2)24(17-22)21(4)33-13-11-27(35)41-42(33,37)38/h7-11,17,21,25,34-35H,5-6,12-16,18H2,1-4H3/t21-,25?/m1/s1. The van der Waals surface area contributed by atoms with Gasteiger partial charge < -0.3 is 23.9 Å². The lowest BCUT2D eigenvalue weighted by Gasteiger charge is -2.30. The number of aromatic nitrogens is 3. The normalized spacial score (nSPS) is 16.5. The maximum absolute atomic E-state index is 12.8. The van der Waals surface area contributed by atoms with Crippen molar-refractivity contribution in [1.29, 1.82) is 0 Å². The molecule has 1 unspecified atom stereocenters. The van der Waals surface area contributed by atoms with Gasteiger partial charge >= 0.3 is 16.3 Å². The van der Waals surface area contributed by atoms with Crippen LogP contribution in [-0.2, 0) is 35.3 Å². The second kappa shape index (κ2) is 13.6. The highest BCUT2D eigenvalue weighted by Crippen LogP contribution is 2.37. The molecule has 3 aromatic rings. The Hall–Kier alpha value is -3.52. The number of rotatable bonds is 13. The van der Waals surface area contributed by atoms with Crippen molar-refractivity contribution in [3.8, 4) is 0 Å². The van der Waals surface area contributed by atoms with Gasteiger partial charge in [0, 0.05) is 31.7 Å². The Bertz CT molecular complexity index is 1550. The molecular formula is C29H38N4O8S. The number of nitrogens with zero attached hydrogens (tertiary/aromatic N) is 4. The van der Waals surface area contributed by atoms with E-state index in [0.29, 0.717) is 26.2 Å². The number of hydrogen-bond donors (Lipinski definition) is 2. The van der Waals surface area contributed by atoms with Gasteiger partial charge in [-0.15, -0.1) is 5.10 Å². The molecule has 2 heterocycles. The van der Waals surface area contributed by atoms with Crippen LogP contribution < -0.4 is 0 Å². The van der Waals surface area contributed by atoms with Gasteiger partial charge in [-0.05, 0) is 68.0 Å². The number of ether oxygens (including phenoxy) is 2. The molecule has 1 aromatic heterocycles. The Kier molecular flexibility index (Phi) is 10.2. The summed E-state index contributed by atoms with van der Waals surface area (Å²) in [6, 6.07) is 9.08. The van der Waals surface area contributed by atoms with Crippen molar-refractivity contribution in [2.24, 2.45) is 0 Å². The number of hydrogen-bond acceptors (Lipinski definition) is 10. The van der Waals surface area contributed by atoms with Crippen molar-refractivity contribution in [1.82, 2.24) is 19.3 Å². The third-order valence-electron chi connectivity index (χ3n) is 7.44. The van der Waals surface area contributed by atoms with Crippen molar-refractivity contribution < 1.29 is 37.1 Å². The Morgan fingerprint density at radius 2 is 1.95 bits per heavy atom. The van der Waals surface area contributed by atoms with E-state index in [1.807, 2.05) is 48.9 Å². The van der Waals surface area contributed by atoms with E-state index in [0.717, 1.165) is 38.9 Å². The van der Waals surface area contributed by atoms with E-state index in [1.54, 1.807) is 13.8 Å². The minimum Gasteiger partial charge on any atom is -0.480 e.